The molecule has 186 valence electrons. The van der Waals surface area contributed by atoms with Gasteiger partial charge < -0.3 is 9.47 Å². The summed E-state index contributed by atoms with van der Waals surface area (Å²) in [6.45, 7) is 1.55. The molecule has 4 aromatic rings. The summed E-state index contributed by atoms with van der Waals surface area (Å²) in [6, 6.07) is 37.7. The number of fused-ring (bicyclic) bond motifs is 1. The maximum atomic E-state index is 13.5. The number of hydrogen-bond acceptors (Lipinski definition) is 4. The molecule has 1 fully saturated rings. The second kappa shape index (κ2) is 10.3. The third-order valence-corrected chi connectivity index (χ3v) is 7.69. The minimum Gasteiger partial charge on any atom is -0.424 e. The number of rotatable bonds is 6. The van der Waals surface area contributed by atoms with Gasteiger partial charge in [-0.1, -0.05) is 103 Å². The van der Waals surface area contributed by atoms with Crippen molar-refractivity contribution in [1.82, 2.24) is 4.90 Å². The molecule has 37 heavy (non-hydrogen) atoms. The molecule has 2 aliphatic rings. The Hall–Kier alpha value is -3.73. The lowest BCUT2D eigenvalue weighted by molar-refractivity contribution is -0.155. The Morgan fingerprint density at radius 3 is 1.95 bits per heavy atom. The van der Waals surface area contributed by atoms with Crippen molar-refractivity contribution < 1.29 is 14.3 Å². The number of aryl methyl sites for hydroxylation is 1. The molecule has 1 saturated heterocycles. The normalized spacial score (nSPS) is 17.8. The van der Waals surface area contributed by atoms with Gasteiger partial charge in [-0.25, -0.2) is 4.79 Å². The van der Waals surface area contributed by atoms with Crippen molar-refractivity contribution in [3.8, 4) is 5.75 Å². The second-order valence-electron chi connectivity index (χ2n) is 9.78. The molecule has 6 rings (SSSR count). The zero-order valence-corrected chi connectivity index (χ0v) is 20.9. The number of esters is 1. The molecule has 0 radical (unpaired) electrons. The molecule has 1 aliphatic carbocycles. The van der Waals surface area contributed by atoms with E-state index in [-0.39, 0.29) is 5.97 Å². The van der Waals surface area contributed by atoms with E-state index in [4.69, 9.17) is 9.47 Å². The number of carbonyl (C=O) groups excluding carboxylic acids is 1. The van der Waals surface area contributed by atoms with Gasteiger partial charge in [-0.3, -0.25) is 4.90 Å². The minimum atomic E-state index is -0.679. The Labute approximate surface area is 218 Å². The summed E-state index contributed by atoms with van der Waals surface area (Å²) < 4.78 is 12.0. The first kappa shape index (κ1) is 23.7. The van der Waals surface area contributed by atoms with E-state index in [1.807, 2.05) is 30.3 Å². The van der Waals surface area contributed by atoms with Crippen LogP contribution in [0.5, 0.6) is 5.75 Å². The first-order valence-corrected chi connectivity index (χ1v) is 13.1. The van der Waals surface area contributed by atoms with Crippen molar-refractivity contribution in [3.05, 3.63) is 137 Å². The van der Waals surface area contributed by atoms with E-state index in [1.165, 1.54) is 5.56 Å². The van der Waals surface area contributed by atoms with Crippen LogP contribution >= 0.6 is 0 Å². The van der Waals surface area contributed by atoms with Gasteiger partial charge in [0.05, 0.1) is 12.1 Å². The van der Waals surface area contributed by atoms with Gasteiger partial charge in [0.25, 0.3) is 0 Å². The van der Waals surface area contributed by atoms with E-state index in [1.54, 1.807) is 0 Å². The van der Waals surface area contributed by atoms with Crippen molar-refractivity contribution in [2.75, 3.05) is 19.7 Å². The zero-order valence-electron chi connectivity index (χ0n) is 20.9. The lowest BCUT2D eigenvalue weighted by atomic mass is 9.75. The second-order valence-corrected chi connectivity index (χ2v) is 9.78. The highest BCUT2D eigenvalue weighted by Gasteiger charge is 2.45. The van der Waals surface area contributed by atoms with Gasteiger partial charge in [0.15, 0.2) is 6.10 Å². The average molecular weight is 490 g/mol. The Balaban J connectivity index is 1.39. The molecule has 4 aromatic carbocycles. The van der Waals surface area contributed by atoms with E-state index in [0.29, 0.717) is 25.4 Å². The summed E-state index contributed by atoms with van der Waals surface area (Å²) in [5.41, 5.74) is 5.33. The monoisotopic (exact) mass is 489 g/mol. The standard InChI is InChI=1S/C33H31NO3/c35-32(37-30-21-11-13-25-12-10-20-29(25)30)31-24-34(22-23-36-31)33(26-14-4-1-5-15-26,27-16-6-2-7-17-27)28-18-8-3-9-19-28/h1-9,11,13-19,21,31H,10,12,20,22-24H2. The number of hydrogen-bond donors (Lipinski definition) is 0. The number of nitrogens with zero attached hydrogens (tertiary/aromatic N) is 1. The molecule has 1 heterocycles. The average Bonchev–Trinajstić information content (AvgIpc) is 3.46. The molecule has 4 nitrogen and oxygen atoms in total. The largest absolute Gasteiger partial charge is 0.424 e. The van der Waals surface area contributed by atoms with Crippen LogP contribution in [0.15, 0.2) is 109 Å². The Kier molecular flexibility index (Phi) is 6.60. The minimum absolute atomic E-state index is 0.326. The van der Waals surface area contributed by atoms with Gasteiger partial charge >= 0.3 is 5.97 Å². The maximum Gasteiger partial charge on any atom is 0.342 e. The fourth-order valence-corrected chi connectivity index (χ4v) is 6.04. The van der Waals surface area contributed by atoms with E-state index in [0.717, 1.165) is 41.5 Å². The summed E-state index contributed by atoms with van der Waals surface area (Å²) in [5, 5.41) is 0. The zero-order chi connectivity index (χ0) is 25.1. The molecule has 0 amide bonds. The van der Waals surface area contributed by atoms with Crippen LogP contribution in [0.4, 0.5) is 0 Å². The predicted octanol–water partition coefficient (Wildman–Crippen LogP) is 5.77. The van der Waals surface area contributed by atoms with Crippen molar-refractivity contribution >= 4 is 5.97 Å². The summed E-state index contributed by atoms with van der Waals surface area (Å²) in [6.07, 6.45) is 2.42. The van der Waals surface area contributed by atoms with Crippen molar-refractivity contribution in [2.45, 2.75) is 30.9 Å². The van der Waals surface area contributed by atoms with Crippen LogP contribution in [0, 0.1) is 0 Å². The van der Waals surface area contributed by atoms with Gasteiger partial charge in [-0.2, -0.15) is 0 Å². The quantitative estimate of drug-likeness (QED) is 0.196. The molecule has 0 saturated carbocycles. The van der Waals surface area contributed by atoms with Crippen LogP contribution in [0.2, 0.25) is 0 Å². The topological polar surface area (TPSA) is 38.8 Å². The fourth-order valence-electron chi connectivity index (χ4n) is 6.04. The first-order valence-electron chi connectivity index (χ1n) is 13.1. The van der Waals surface area contributed by atoms with Crippen LogP contribution in [-0.4, -0.2) is 36.7 Å². The molecule has 4 heteroatoms. The molecule has 0 spiro atoms. The van der Waals surface area contributed by atoms with Crippen molar-refractivity contribution in [3.63, 3.8) is 0 Å². The molecule has 1 unspecified atom stereocenters. The molecule has 0 bridgehead atoms. The summed E-state index contributed by atoms with van der Waals surface area (Å²) in [4.78, 5) is 15.9. The fraction of sp³-hybridized carbons (Fsp3) is 0.242. The van der Waals surface area contributed by atoms with Crippen LogP contribution in [-0.2, 0) is 27.9 Å². The third-order valence-electron chi connectivity index (χ3n) is 7.69. The molecular weight excluding hydrogens is 458 g/mol. The summed E-state index contributed by atoms with van der Waals surface area (Å²) in [5.74, 6) is 0.356. The number of morpholine rings is 1. The molecule has 0 aromatic heterocycles. The van der Waals surface area contributed by atoms with E-state index >= 15 is 0 Å². The van der Waals surface area contributed by atoms with Crippen molar-refractivity contribution in [1.29, 1.82) is 0 Å². The van der Waals surface area contributed by atoms with Crippen LogP contribution in [0.25, 0.3) is 0 Å². The number of carbonyl (C=O) groups is 1. The first-order chi connectivity index (χ1) is 18.3. The number of ether oxygens (including phenoxy) is 2. The SMILES string of the molecule is O=C(Oc1cccc2c1CCC2)C1CN(C(c2ccccc2)(c2ccccc2)c2ccccc2)CCO1. The van der Waals surface area contributed by atoms with Gasteiger partial charge in [0, 0.05) is 13.1 Å². The molecular formula is C33H31NO3. The predicted molar refractivity (Wildman–Crippen MR) is 145 cm³/mol. The maximum absolute atomic E-state index is 13.5. The van der Waals surface area contributed by atoms with E-state index in [2.05, 4.69) is 83.8 Å². The van der Waals surface area contributed by atoms with Crippen molar-refractivity contribution in [2.24, 2.45) is 0 Å². The van der Waals surface area contributed by atoms with Gasteiger partial charge in [-0.15, -0.1) is 0 Å². The third kappa shape index (κ3) is 4.37. The Bertz CT molecular complexity index is 1260. The van der Waals surface area contributed by atoms with Crippen LogP contribution in [0.1, 0.15) is 34.2 Å². The lowest BCUT2D eigenvalue weighted by Gasteiger charge is -2.48. The highest BCUT2D eigenvalue weighted by Crippen LogP contribution is 2.43. The highest BCUT2D eigenvalue weighted by molar-refractivity contribution is 5.78. The van der Waals surface area contributed by atoms with E-state index in [9.17, 15) is 4.79 Å². The highest BCUT2D eigenvalue weighted by atomic mass is 16.6. The molecule has 1 aliphatic heterocycles. The smallest absolute Gasteiger partial charge is 0.342 e. The van der Waals surface area contributed by atoms with Gasteiger partial charge in [0.1, 0.15) is 5.75 Å². The lowest BCUT2D eigenvalue weighted by Crippen LogP contribution is -2.57. The Morgan fingerprint density at radius 1 is 0.757 bits per heavy atom. The van der Waals surface area contributed by atoms with Gasteiger partial charge in [-0.05, 0) is 53.1 Å². The summed E-state index contributed by atoms with van der Waals surface area (Å²) in [7, 11) is 0. The molecule has 1 atom stereocenters. The van der Waals surface area contributed by atoms with Crippen LogP contribution in [0.3, 0.4) is 0 Å². The Morgan fingerprint density at radius 2 is 1.35 bits per heavy atom. The number of benzene rings is 4. The van der Waals surface area contributed by atoms with Gasteiger partial charge in [0.2, 0.25) is 0 Å². The van der Waals surface area contributed by atoms with E-state index < -0.39 is 11.6 Å². The summed E-state index contributed by atoms with van der Waals surface area (Å²) >= 11 is 0. The van der Waals surface area contributed by atoms with Crippen LogP contribution < -0.4 is 4.74 Å². The molecule has 0 N–H and O–H groups in total.